The Hall–Kier alpha value is -1.58. The van der Waals surface area contributed by atoms with Crippen LogP contribution >= 0.6 is 0 Å². The molecule has 0 bridgehead atoms. The summed E-state index contributed by atoms with van der Waals surface area (Å²) in [5, 5.41) is 8.98. The minimum Gasteiger partial charge on any atom is -0.459 e. The maximum absolute atomic E-state index is 12.1. The molecule has 0 aliphatic heterocycles. The average Bonchev–Trinajstić information content (AvgIpc) is 2.19. The minimum absolute atomic E-state index is 0.786. The lowest BCUT2D eigenvalue weighted by Gasteiger charge is -2.28. The van der Waals surface area contributed by atoms with Gasteiger partial charge in [-0.3, -0.25) is 9.59 Å². The highest BCUT2D eigenvalue weighted by Gasteiger charge is 2.40. The van der Waals surface area contributed by atoms with Gasteiger partial charge in [0.1, 0.15) is 17.2 Å². The molecule has 20 heavy (non-hydrogen) atoms. The highest BCUT2D eigenvalue weighted by molar-refractivity contribution is 5.96. The summed E-state index contributed by atoms with van der Waals surface area (Å²) in [6.07, 6.45) is 5.20. The number of rotatable bonds is 4. The largest absolute Gasteiger partial charge is 0.459 e. The summed E-state index contributed by atoms with van der Waals surface area (Å²) in [5.74, 6) is -1.02. The smallest absolute Gasteiger partial charge is 0.323 e. The van der Waals surface area contributed by atoms with Gasteiger partial charge < -0.3 is 14.7 Å². The van der Waals surface area contributed by atoms with Crippen LogP contribution in [0.2, 0.25) is 0 Å². The van der Waals surface area contributed by atoms with E-state index in [-0.39, 0.29) is 0 Å². The third-order valence-corrected chi connectivity index (χ3v) is 1.97. The van der Waals surface area contributed by atoms with Gasteiger partial charge in [0.2, 0.25) is 0 Å². The maximum atomic E-state index is 12.1. The van der Waals surface area contributed by atoms with Crippen LogP contribution in [-0.2, 0) is 19.1 Å². The zero-order valence-electron chi connectivity index (χ0n) is 12.8. The monoisotopic (exact) mass is 285 g/mol. The molecular formula is C14H23NO5. The van der Waals surface area contributed by atoms with E-state index < -0.39 is 35.1 Å². The number of nitrogens with one attached hydrogen (secondary N) is 1. The van der Waals surface area contributed by atoms with Crippen LogP contribution in [0, 0.1) is 18.3 Å². The molecule has 0 saturated heterocycles. The quantitative estimate of drug-likeness (QED) is 0.350. The van der Waals surface area contributed by atoms with Gasteiger partial charge in [-0.15, -0.1) is 6.42 Å². The molecule has 0 heterocycles. The van der Waals surface area contributed by atoms with Gasteiger partial charge >= 0.3 is 11.9 Å². The van der Waals surface area contributed by atoms with Crippen LogP contribution in [0.3, 0.4) is 0 Å². The van der Waals surface area contributed by atoms with Gasteiger partial charge in [-0.05, 0) is 41.5 Å². The molecule has 6 nitrogen and oxygen atoms in total. The van der Waals surface area contributed by atoms with E-state index in [4.69, 9.17) is 21.1 Å². The van der Waals surface area contributed by atoms with E-state index in [1.165, 1.54) is 0 Å². The summed E-state index contributed by atoms with van der Waals surface area (Å²) in [5.41, 5.74) is 0.176. The number of ether oxygens (including phenoxy) is 2. The average molecular weight is 285 g/mol. The molecule has 0 amide bonds. The minimum atomic E-state index is -1.44. The summed E-state index contributed by atoms with van der Waals surface area (Å²) in [6.45, 7) is 9.97. The highest BCUT2D eigenvalue weighted by Crippen LogP contribution is 2.18. The highest BCUT2D eigenvalue weighted by atomic mass is 16.6. The molecule has 114 valence electrons. The molecule has 0 aromatic heterocycles. The third-order valence-electron chi connectivity index (χ3n) is 1.97. The lowest BCUT2D eigenvalue weighted by atomic mass is 10.00. The molecule has 0 radical (unpaired) electrons. The van der Waals surface area contributed by atoms with Crippen LogP contribution < -0.4 is 5.48 Å². The Labute approximate surface area is 119 Å². The van der Waals surface area contributed by atoms with Crippen LogP contribution in [0.4, 0.5) is 0 Å². The van der Waals surface area contributed by atoms with Crippen LogP contribution in [0.15, 0.2) is 0 Å². The van der Waals surface area contributed by atoms with E-state index in [1.807, 2.05) is 0 Å². The van der Waals surface area contributed by atoms with E-state index in [1.54, 1.807) is 47.0 Å². The molecule has 0 saturated carbocycles. The Bertz CT molecular complexity index is 369. The Morgan fingerprint density at radius 3 is 1.60 bits per heavy atom. The molecule has 0 spiro atoms. The Morgan fingerprint density at radius 2 is 1.40 bits per heavy atom. The molecule has 1 atom stereocenters. The second-order valence-corrected chi connectivity index (χ2v) is 6.32. The summed E-state index contributed by atoms with van der Waals surface area (Å²) in [7, 11) is 0. The van der Waals surface area contributed by atoms with Crippen molar-refractivity contribution in [3.8, 4) is 12.3 Å². The van der Waals surface area contributed by atoms with Crippen molar-refractivity contribution in [3.05, 3.63) is 0 Å². The van der Waals surface area contributed by atoms with Crippen molar-refractivity contribution >= 4 is 11.9 Å². The zero-order chi connectivity index (χ0) is 16.1. The first-order chi connectivity index (χ1) is 8.91. The molecule has 0 fully saturated rings. The van der Waals surface area contributed by atoms with Crippen LogP contribution in [0.5, 0.6) is 0 Å². The van der Waals surface area contributed by atoms with E-state index >= 15 is 0 Å². The van der Waals surface area contributed by atoms with Gasteiger partial charge in [-0.25, -0.2) is 0 Å². The number of hydrogen-bond donors (Lipinski definition) is 2. The fourth-order valence-corrected chi connectivity index (χ4v) is 1.31. The topological polar surface area (TPSA) is 84.9 Å². The fourth-order valence-electron chi connectivity index (χ4n) is 1.31. The lowest BCUT2D eigenvalue weighted by Crippen LogP contribution is -2.47. The van der Waals surface area contributed by atoms with Gasteiger partial charge in [0.05, 0.1) is 0 Å². The first-order valence-electron chi connectivity index (χ1n) is 6.23. The molecule has 1 unspecified atom stereocenters. The molecule has 0 aliphatic rings. The van der Waals surface area contributed by atoms with Crippen molar-refractivity contribution in [3.63, 3.8) is 0 Å². The van der Waals surface area contributed by atoms with Crippen molar-refractivity contribution in [2.45, 2.75) is 58.8 Å². The van der Waals surface area contributed by atoms with E-state index in [2.05, 4.69) is 5.92 Å². The van der Waals surface area contributed by atoms with E-state index in [0.717, 1.165) is 0 Å². The molecule has 0 rings (SSSR count). The van der Waals surface area contributed by atoms with Crippen molar-refractivity contribution in [1.82, 2.24) is 5.48 Å². The molecule has 0 aromatic rings. The number of hydroxylamine groups is 1. The molecular weight excluding hydrogens is 262 g/mol. The number of hydrogen-bond acceptors (Lipinski definition) is 6. The summed E-state index contributed by atoms with van der Waals surface area (Å²) in [4.78, 5) is 24.2. The standard InChI is InChI=1S/C14H23NO5/c1-8-9(15-18)10(11(16)19-13(2,3)4)12(17)20-14(5,6)7/h1,9-10,15,18H,2-7H3. The molecule has 6 heteroatoms. The zero-order valence-corrected chi connectivity index (χ0v) is 12.8. The van der Waals surface area contributed by atoms with Gasteiger partial charge in [-0.2, -0.15) is 5.48 Å². The van der Waals surface area contributed by atoms with E-state index in [9.17, 15) is 9.59 Å². The fraction of sp³-hybridized carbons (Fsp3) is 0.714. The van der Waals surface area contributed by atoms with Gasteiger partial charge in [-0.1, -0.05) is 5.92 Å². The Kier molecular flexibility index (Phi) is 6.20. The molecule has 0 aliphatic carbocycles. The normalized spacial score (nSPS) is 13.6. The van der Waals surface area contributed by atoms with Gasteiger partial charge in [0.25, 0.3) is 0 Å². The van der Waals surface area contributed by atoms with Crippen molar-refractivity contribution in [2.24, 2.45) is 5.92 Å². The maximum Gasteiger partial charge on any atom is 0.323 e. The third kappa shape index (κ3) is 6.55. The number of carbonyl (C=O) groups is 2. The van der Waals surface area contributed by atoms with Gasteiger partial charge in [0, 0.05) is 0 Å². The first-order valence-corrected chi connectivity index (χ1v) is 6.23. The molecule has 2 N–H and O–H groups in total. The Balaban J connectivity index is 5.25. The number of esters is 2. The summed E-state index contributed by atoms with van der Waals surface area (Å²) >= 11 is 0. The first kappa shape index (κ1) is 18.4. The SMILES string of the molecule is C#CC(NO)C(C(=O)OC(C)(C)C)C(=O)OC(C)(C)C. The predicted octanol–water partition coefficient (Wildman–Crippen LogP) is 1.27. The van der Waals surface area contributed by atoms with Crippen molar-refractivity contribution < 1.29 is 24.3 Å². The molecule has 0 aromatic carbocycles. The summed E-state index contributed by atoms with van der Waals surface area (Å²) < 4.78 is 10.3. The number of carbonyl (C=O) groups excluding carboxylic acids is 2. The summed E-state index contributed by atoms with van der Waals surface area (Å²) in [6, 6.07) is -1.22. The van der Waals surface area contributed by atoms with Crippen molar-refractivity contribution in [1.29, 1.82) is 0 Å². The lowest BCUT2D eigenvalue weighted by molar-refractivity contribution is -0.176. The Morgan fingerprint density at radius 1 is 1.05 bits per heavy atom. The predicted molar refractivity (Wildman–Crippen MR) is 72.7 cm³/mol. The number of terminal acetylenes is 1. The van der Waals surface area contributed by atoms with Crippen molar-refractivity contribution in [2.75, 3.05) is 0 Å². The second kappa shape index (κ2) is 6.73. The van der Waals surface area contributed by atoms with Gasteiger partial charge in [0.15, 0.2) is 5.92 Å². The van der Waals surface area contributed by atoms with Crippen LogP contribution in [0.1, 0.15) is 41.5 Å². The van der Waals surface area contributed by atoms with E-state index in [0.29, 0.717) is 0 Å². The van der Waals surface area contributed by atoms with Crippen LogP contribution in [-0.4, -0.2) is 34.4 Å². The second-order valence-electron chi connectivity index (χ2n) is 6.32. The van der Waals surface area contributed by atoms with Crippen LogP contribution in [0.25, 0.3) is 0 Å².